The number of halogens is 1. The Bertz CT molecular complexity index is 1020. The van der Waals surface area contributed by atoms with Crippen LogP contribution in [0.15, 0.2) is 42.1 Å². The van der Waals surface area contributed by atoms with Crippen LogP contribution in [0.1, 0.15) is 27.7 Å². The van der Waals surface area contributed by atoms with Crippen molar-refractivity contribution in [2.75, 3.05) is 6.61 Å². The fraction of sp³-hybridized carbons (Fsp3) is 0.545. The summed E-state index contributed by atoms with van der Waals surface area (Å²) >= 11 is 10.8. The summed E-state index contributed by atoms with van der Waals surface area (Å²) in [5, 5.41) is 15.0. The molecule has 0 aliphatic carbocycles. The average Bonchev–Trinajstić information content (AvgIpc) is 3.08. The smallest absolute Gasteiger partial charge is 0.459 e. The molecule has 11 nitrogen and oxygen atoms in total. The molecule has 200 valence electrons. The van der Waals surface area contributed by atoms with Crippen molar-refractivity contribution in [2.45, 2.75) is 69.2 Å². The van der Waals surface area contributed by atoms with Gasteiger partial charge in [-0.3, -0.25) is 14.1 Å². The van der Waals surface area contributed by atoms with Crippen LogP contribution in [0.5, 0.6) is 5.75 Å². The maximum absolute atomic E-state index is 13.6. The van der Waals surface area contributed by atoms with Gasteiger partial charge in [-0.1, -0.05) is 18.2 Å². The Morgan fingerprint density at radius 1 is 1.33 bits per heavy atom. The zero-order chi connectivity index (χ0) is 26.6. The number of hydrogen-bond acceptors (Lipinski definition) is 10. The molecule has 3 unspecified atom stereocenters. The second-order valence-corrected chi connectivity index (χ2v) is 11.3. The maximum atomic E-state index is 13.6. The number of carbonyl (C=O) groups is 2. The summed E-state index contributed by atoms with van der Waals surface area (Å²) in [6.45, 7) is 6.08. The lowest BCUT2D eigenvalue weighted by molar-refractivity contribution is -0.149. The highest BCUT2D eigenvalue weighted by Crippen LogP contribution is 2.46. The summed E-state index contributed by atoms with van der Waals surface area (Å²) in [5.41, 5.74) is -0.324. The minimum Gasteiger partial charge on any atom is -0.462 e. The highest BCUT2D eigenvalue weighted by atomic mass is 35.5. The van der Waals surface area contributed by atoms with Gasteiger partial charge in [-0.2, -0.15) is 5.09 Å². The Morgan fingerprint density at radius 2 is 2.00 bits per heavy atom. The standard InChI is InChI=1S/C22H31ClN3O8PS/c1-12(2)32-21(29)14(4)25-35(30,34-15-8-6-5-7-9-15)31-11-16-18(27)17(23)20(33-16)26-10-13(3)19(28)24-22(26)36/h5-10,12,14,16-18,20,22,27,36H,11H2,1-4H3,(H,24,28)(H,25,30)/t14-,16-,17?,18+,20-,22?,35?/m0/s1. The number of benzene rings is 1. The fourth-order valence-electron chi connectivity index (χ4n) is 3.46. The predicted molar refractivity (Wildman–Crippen MR) is 135 cm³/mol. The van der Waals surface area contributed by atoms with Gasteiger partial charge >= 0.3 is 13.7 Å². The lowest BCUT2D eigenvalue weighted by Gasteiger charge is -2.37. The van der Waals surface area contributed by atoms with Gasteiger partial charge in [-0.25, -0.2) is 4.57 Å². The van der Waals surface area contributed by atoms with Crippen LogP contribution in [0.25, 0.3) is 0 Å². The third-order valence-electron chi connectivity index (χ3n) is 5.27. The number of esters is 1. The van der Waals surface area contributed by atoms with E-state index in [1.165, 1.54) is 6.92 Å². The van der Waals surface area contributed by atoms with E-state index in [4.69, 9.17) is 30.1 Å². The van der Waals surface area contributed by atoms with Crippen LogP contribution in [0.4, 0.5) is 0 Å². The molecule has 7 atom stereocenters. The van der Waals surface area contributed by atoms with Gasteiger partial charge in [0, 0.05) is 11.8 Å². The molecule has 2 aliphatic heterocycles. The molecular weight excluding hydrogens is 533 g/mol. The number of para-hydroxylation sites is 1. The highest BCUT2D eigenvalue weighted by Gasteiger charge is 2.48. The molecule has 1 aromatic carbocycles. The molecule has 3 rings (SSSR count). The van der Waals surface area contributed by atoms with Gasteiger partial charge in [0.1, 0.15) is 34.9 Å². The van der Waals surface area contributed by atoms with Crippen molar-refractivity contribution in [3.63, 3.8) is 0 Å². The summed E-state index contributed by atoms with van der Waals surface area (Å²) < 4.78 is 35.9. The van der Waals surface area contributed by atoms with Crippen molar-refractivity contribution in [1.29, 1.82) is 0 Å². The molecule has 1 saturated heterocycles. The number of amides is 1. The van der Waals surface area contributed by atoms with E-state index >= 15 is 0 Å². The Hall–Kier alpha value is -1.79. The Morgan fingerprint density at radius 3 is 2.64 bits per heavy atom. The van der Waals surface area contributed by atoms with E-state index in [1.54, 1.807) is 62.2 Å². The van der Waals surface area contributed by atoms with Gasteiger partial charge in [0.2, 0.25) is 0 Å². The van der Waals surface area contributed by atoms with E-state index in [2.05, 4.69) is 23.0 Å². The largest absolute Gasteiger partial charge is 0.462 e. The number of carbonyl (C=O) groups excluding carboxylic acids is 2. The Labute approximate surface area is 220 Å². The third kappa shape index (κ3) is 7.16. The minimum absolute atomic E-state index is 0.237. The Kier molecular flexibility index (Phi) is 9.73. The number of rotatable bonds is 10. The molecule has 0 bridgehead atoms. The lowest BCUT2D eigenvalue weighted by atomic mass is 10.1. The highest BCUT2D eigenvalue weighted by molar-refractivity contribution is 7.80. The molecule has 36 heavy (non-hydrogen) atoms. The molecule has 3 N–H and O–H groups in total. The molecule has 2 heterocycles. The molecule has 14 heteroatoms. The van der Waals surface area contributed by atoms with Crippen LogP contribution in [0.2, 0.25) is 0 Å². The molecule has 1 aromatic rings. The number of hydrogen-bond donors (Lipinski definition) is 4. The molecule has 0 spiro atoms. The number of ether oxygens (including phenoxy) is 2. The average molecular weight is 564 g/mol. The van der Waals surface area contributed by atoms with Gasteiger partial charge in [0.25, 0.3) is 5.91 Å². The predicted octanol–water partition coefficient (Wildman–Crippen LogP) is 2.36. The van der Waals surface area contributed by atoms with Crippen molar-refractivity contribution in [1.82, 2.24) is 15.3 Å². The second-order valence-electron chi connectivity index (χ2n) is 8.64. The van der Waals surface area contributed by atoms with Crippen molar-refractivity contribution in [2.24, 2.45) is 0 Å². The first kappa shape index (κ1) is 28.8. The van der Waals surface area contributed by atoms with E-state index in [1.807, 2.05) is 0 Å². The number of nitrogens with one attached hydrogen (secondary N) is 2. The monoisotopic (exact) mass is 563 g/mol. The van der Waals surface area contributed by atoms with Crippen LogP contribution in [-0.2, 0) is 28.2 Å². The molecule has 0 aromatic heterocycles. The molecule has 0 radical (unpaired) electrons. The quantitative estimate of drug-likeness (QED) is 0.145. The zero-order valence-corrected chi connectivity index (χ0v) is 22.8. The topological polar surface area (TPSA) is 136 Å². The summed E-state index contributed by atoms with van der Waals surface area (Å²) in [6.07, 6.45) is -1.91. The van der Waals surface area contributed by atoms with E-state index in [9.17, 15) is 19.3 Å². The van der Waals surface area contributed by atoms with Gasteiger partial charge in [0.05, 0.1) is 12.7 Å². The minimum atomic E-state index is -4.16. The van der Waals surface area contributed by atoms with E-state index in [0.717, 1.165) is 0 Å². The van der Waals surface area contributed by atoms with Crippen molar-refractivity contribution >= 4 is 43.9 Å². The zero-order valence-electron chi connectivity index (χ0n) is 20.2. The normalized spacial score (nSPS) is 28.8. The van der Waals surface area contributed by atoms with Gasteiger partial charge < -0.3 is 29.3 Å². The first-order valence-electron chi connectivity index (χ1n) is 11.3. The molecule has 2 aliphatic rings. The Balaban J connectivity index is 1.73. The molecule has 0 saturated carbocycles. The molecule has 1 fully saturated rings. The number of nitrogens with zero attached hydrogens (tertiary/aromatic N) is 1. The van der Waals surface area contributed by atoms with Crippen LogP contribution in [-0.4, -0.2) is 69.9 Å². The first-order chi connectivity index (χ1) is 16.9. The SMILES string of the molecule is CC1=CN([C@H]2O[C@@H](COP(=O)(N[C@@H](C)C(=O)OC(C)C)Oc3ccccc3)[C@@H](O)C2Cl)C(S)NC1=O. The third-order valence-corrected chi connectivity index (χ3v) is 7.78. The van der Waals surface area contributed by atoms with Crippen molar-refractivity contribution in [3.05, 3.63) is 42.1 Å². The van der Waals surface area contributed by atoms with Crippen molar-refractivity contribution in [3.8, 4) is 5.75 Å². The summed E-state index contributed by atoms with van der Waals surface area (Å²) in [7, 11) is -4.16. The van der Waals surface area contributed by atoms with E-state index < -0.39 is 49.1 Å². The molecular formula is C22H31ClN3O8PS. The number of aliphatic hydroxyl groups excluding tert-OH is 1. The second kappa shape index (κ2) is 12.2. The van der Waals surface area contributed by atoms with Gasteiger partial charge in [-0.05, 0) is 39.8 Å². The number of thiol groups is 1. The molecule has 1 amide bonds. The summed E-state index contributed by atoms with van der Waals surface area (Å²) in [6, 6.07) is 7.25. The van der Waals surface area contributed by atoms with E-state index in [-0.39, 0.29) is 24.4 Å². The van der Waals surface area contributed by atoms with Crippen LogP contribution < -0.4 is 14.9 Å². The van der Waals surface area contributed by atoms with Gasteiger partial charge in [-0.15, -0.1) is 24.2 Å². The van der Waals surface area contributed by atoms with Crippen LogP contribution in [0.3, 0.4) is 0 Å². The summed E-state index contributed by atoms with van der Waals surface area (Å²) in [5.74, 6) is -0.690. The van der Waals surface area contributed by atoms with E-state index in [0.29, 0.717) is 5.57 Å². The van der Waals surface area contributed by atoms with Crippen LogP contribution >= 0.6 is 32.0 Å². The lowest BCUT2D eigenvalue weighted by Crippen LogP contribution is -2.53. The van der Waals surface area contributed by atoms with Crippen molar-refractivity contribution < 1.29 is 37.8 Å². The maximum Gasteiger partial charge on any atom is 0.459 e. The van der Waals surface area contributed by atoms with Crippen LogP contribution in [0, 0.1) is 0 Å². The number of aliphatic hydroxyl groups is 1. The fourth-order valence-corrected chi connectivity index (χ4v) is 5.63. The van der Waals surface area contributed by atoms with Gasteiger partial charge in [0.15, 0.2) is 6.23 Å². The first-order valence-corrected chi connectivity index (χ1v) is 13.8. The number of alkyl halides is 1. The summed E-state index contributed by atoms with van der Waals surface area (Å²) in [4.78, 5) is 25.7.